The van der Waals surface area contributed by atoms with E-state index in [1.807, 2.05) is 42.8 Å². The first-order chi connectivity index (χ1) is 15.7. The quantitative estimate of drug-likeness (QED) is 0.0748. The van der Waals surface area contributed by atoms with Crippen molar-refractivity contribution in [3.63, 3.8) is 0 Å². The van der Waals surface area contributed by atoms with E-state index in [-0.39, 0.29) is 82.1 Å². The van der Waals surface area contributed by atoms with Crippen LogP contribution in [0.5, 0.6) is 0 Å². The molecule has 1 heterocycles. The van der Waals surface area contributed by atoms with Gasteiger partial charge in [0.1, 0.15) is 0 Å². The number of rotatable bonds is 11. The molecule has 0 saturated heterocycles. The molecule has 34 heavy (non-hydrogen) atoms. The maximum atomic E-state index is 14.6. The molecule has 3 nitrogen and oxygen atoms in total. The zero-order valence-electron chi connectivity index (χ0n) is 19.3. The van der Waals surface area contributed by atoms with Gasteiger partial charge in [0.25, 0.3) is 0 Å². The Hall–Kier alpha value is 1.83. The van der Waals surface area contributed by atoms with E-state index in [0.717, 1.165) is 29.4 Å². The third-order valence-corrected chi connectivity index (χ3v) is 13.1. The Morgan fingerprint density at radius 1 is 1.32 bits per heavy atom. The molecule has 0 aliphatic carbocycles. The van der Waals surface area contributed by atoms with Crippen LogP contribution in [-0.2, 0) is 5.97 Å². The summed E-state index contributed by atoms with van der Waals surface area (Å²) >= 11 is 1.42. The van der Waals surface area contributed by atoms with Gasteiger partial charge in [0, 0.05) is 0 Å². The number of unbranched alkanes of at least 4 members (excludes halogenated alkanes) is 1. The van der Waals surface area contributed by atoms with E-state index in [0.29, 0.717) is 16.4 Å². The molecule has 2 aromatic carbocycles. The van der Waals surface area contributed by atoms with Crippen LogP contribution in [0.25, 0.3) is 0 Å². The first-order valence-electron chi connectivity index (χ1n) is 10.8. The van der Waals surface area contributed by atoms with Crippen molar-refractivity contribution in [3.05, 3.63) is 81.6 Å². The Morgan fingerprint density at radius 2 is 2.06 bits per heavy atom. The van der Waals surface area contributed by atoms with Crippen molar-refractivity contribution in [1.82, 2.24) is 4.90 Å². The maximum absolute atomic E-state index is 14.6. The third kappa shape index (κ3) is 10.5. The molecule has 3 atom stereocenters. The number of ether oxygens (including phenoxy) is 1. The molecule has 182 valence electrons. The van der Waals surface area contributed by atoms with Gasteiger partial charge in [-0.1, -0.05) is 0 Å². The number of fused-ring (bicyclic) bond motifs is 1. The van der Waals surface area contributed by atoms with Crippen LogP contribution in [-0.4, -0.2) is 66.3 Å². The topological polar surface area (TPSA) is 29.5 Å². The average Bonchev–Trinajstić information content (AvgIpc) is 2.77. The van der Waals surface area contributed by atoms with E-state index >= 15 is 0 Å². The zero-order valence-corrected chi connectivity index (χ0v) is 34.4. The number of benzene rings is 2. The monoisotopic (exact) mass is 1220 g/mol. The van der Waals surface area contributed by atoms with Gasteiger partial charge in [-0.25, -0.2) is 0 Å². The Kier molecular flexibility index (Phi) is 15.1. The summed E-state index contributed by atoms with van der Waals surface area (Å²) in [6.07, 6.45) is 6.40. The second-order valence-corrected chi connectivity index (χ2v) is 23.2. The van der Waals surface area contributed by atoms with Crippen molar-refractivity contribution >= 4 is 52.3 Å². The van der Waals surface area contributed by atoms with Gasteiger partial charge in [0.05, 0.1) is 0 Å². The minimum Gasteiger partial charge on any atom is 2.00 e. The zero-order chi connectivity index (χ0) is 23.8. The second-order valence-electron chi connectivity index (χ2n) is 8.15. The van der Waals surface area contributed by atoms with Gasteiger partial charge in [-0.15, -0.1) is 0 Å². The minimum absolute atomic E-state index is 0. The third-order valence-electron chi connectivity index (χ3n) is 5.26. The van der Waals surface area contributed by atoms with Crippen molar-refractivity contribution in [1.29, 1.82) is 0 Å². The fourth-order valence-electron chi connectivity index (χ4n) is 3.52. The predicted octanol–water partition coefficient (Wildman–Crippen LogP) is -0.676. The number of carbonyl (C=O) groups excluding carboxylic acids is 1. The Bertz CT molecular complexity index is 915. The Morgan fingerprint density at radius 3 is 2.74 bits per heavy atom. The number of hydrogen-bond donors (Lipinski definition) is 0. The van der Waals surface area contributed by atoms with Crippen molar-refractivity contribution in [2.24, 2.45) is 5.92 Å². The fourth-order valence-corrected chi connectivity index (χ4v) is 10.2. The molecule has 1 unspecified atom stereocenters. The molecule has 0 aromatic heterocycles. The van der Waals surface area contributed by atoms with E-state index in [1.165, 1.54) is 14.7 Å². The summed E-state index contributed by atoms with van der Waals surface area (Å²) < 4.78 is 21.7. The van der Waals surface area contributed by atoms with Crippen LogP contribution in [0, 0.1) is 53.4 Å². The Balaban J connectivity index is 0.00000408. The smallest absolute Gasteiger partial charge is 2.00 e. The SMILES string of the molecule is CN(C)CC[I-]C(=O)OC[CH-]CC[C@@H]1[CH-]c2cc([C](F)(I)[Tl])ccc2[I-][C@H]1c1ccccc1.[U+2]. The molecular formula is C25H28FI3NO2TlU-2. The normalized spacial score (nSPS) is 19.2. The number of alkyl halides is 4. The van der Waals surface area contributed by atoms with E-state index in [9.17, 15) is 9.18 Å². The summed E-state index contributed by atoms with van der Waals surface area (Å²) in [5, 5.41) is 0. The standard InChI is InChI=1S/C25H28FI3NO2.Tl.U/c1-30(2)14-13-28-25(31)32-15-7-6-10-19-16-21-17-20(24(26)27)11-12-22(21)29-23(19)18-8-4-3-5-9-18;;/h3-5,7-9,11-12,16-17,19,23H,6,10,13-15H2,1-2H3;;/q-4;;+2/t19-,23+;;/m1../s1. The van der Waals surface area contributed by atoms with Crippen LogP contribution in [0.1, 0.15) is 33.5 Å². The second kappa shape index (κ2) is 16.1. The van der Waals surface area contributed by atoms with Gasteiger partial charge in [0.2, 0.25) is 0 Å². The molecule has 0 amide bonds. The van der Waals surface area contributed by atoms with Crippen LogP contribution in [0.2, 0.25) is 0 Å². The number of halogens is 4. The molecule has 1 aliphatic rings. The van der Waals surface area contributed by atoms with Gasteiger partial charge in [-0.3, -0.25) is 0 Å². The van der Waals surface area contributed by atoms with Gasteiger partial charge in [0.15, 0.2) is 0 Å². The van der Waals surface area contributed by atoms with Crippen LogP contribution < -0.4 is 42.4 Å². The van der Waals surface area contributed by atoms with Crippen molar-refractivity contribution in [2.75, 3.05) is 31.7 Å². The van der Waals surface area contributed by atoms with Gasteiger partial charge in [-0.05, 0) is 0 Å². The molecule has 1 aliphatic heterocycles. The molecule has 9 heteroatoms. The molecule has 0 spiro atoms. The van der Waals surface area contributed by atoms with Gasteiger partial charge in [-0.2, -0.15) is 0 Å². The van der Waals surface area contributed by atoms with Crippen molar-refractivity contribution in [3.8, 4) is 0 Å². The molecule has 0 N–H and O–H groups in total. The molecule has 0 saturated carbocycles. The van der Waals surface area contributed by atoms with Crippen LogP contribution in [0.4, 0.5) is 9.18 Å². The number of hydrogen-bond acceptors (Lipinski definition) is 3. The van der Waals surface area contributed by atoms with E-state index in [4.69, 9.17) is 4.74 Å². The molecule has 0 radical (unpaired) electrons. The van der Waals surface area contributed by atoms with Crippen molar-refractivity contribution < 1.29 is 87.4 Å². The summed E-state index contributed by atoms with van der Waals surface area (Å²) in [6.45, 7) is 1.35. The molecule has 0 bridgehead atoms. The summed E-state index contributed by atoms with van der Waals surface area (Å²) in [7, 11) is 4.05. The van der Waals surface area contributed by atoms with Gasteiger partial charge < -0.3 is 0 Å². The number of carbonyl (C=O) groups is 1. The molecule has 0 fully saturated rings. The maximum Gasteiger partial charge on any atom is 2.00 e. The van der Waals surface area contributed by atoms with Crippen LogP contribution in [0.15, 0.2) is 48.5 Å². The molecule has 3 rings (SSSR count). The first-order valence-corrected chi connectivity index (χ1v) is 19.1. The summed E-state index contributed by atoms with van der Waals surface area (Å²) in [5.74, 6) is 0.419. The van der Waals surface area contributed by atoms with E-state index < -0.39 is 22.4 Å². The predicted molar refractivity (Wildman–Crippen MR) is 132 cm³/mol. The van der Waals surface area contributed by atoms with Gasteiger partial charge >= 0.3 is 282 Å². The summed E-state index contributed by atoms with van der Waals surface area (Å²) in [5.41, 5.74) is 3.44. The van der Waals surface area contributed by atoms with E-state index in [2.05, 4.69) is 60.2 Å². The van der Waals surface area contributed by atoms with Crippen LogP contribution in [0.3, 0.4) is 0 Å². The van der Waals surface area contributed by atoms with E-state index in [1.54, 1.807) is 0 Å². The first kappa shape index (κ1) is 32.0. The van der Waals surface area contributed by atoms with Crippen molar-refractivity contribution in [2.45, 2.75) is 18.0 Å². The molecular weight excluding hydrogens is 1190 g/mol. The van der Waals surface area contributed by atoms with Crippen LogP contribution >= 0.6 is 22.6 Å². The average molecular weight is 1220 g/mol. The molecule has 2 aromatic rings. The summed E-state index contributed by atoms with van der Waals surface area (Å²) in [6, 6.07) is 17.0. The largest absolute Gasteiger partial charge is 2.00 e. The fraction of sp³-hybridized carbons (Fsp3) is 0.400. The Labute approximate surface area is 277 Å². The minimum atomic E-state index is -1.20. The summed E-state index contributed by atoms with van der Waals surface area (Å²) in [4.78, 5) is 14.0. The number of nitrogens with zero attached hydrogens (tertiary/aromatic N) is 1.